The van der Waals surface area contributed by atoms with Crippen molar-refractivity contribution < 1.29 is 10.0 Å². The van der Waals surface area contributed by atoms with Crippen LogP contribution in [0.3, 0.4) is 0 Å². The van der Waals surface area contributed by atoms with E-state index in [-0.39, 0.29) is 10.6 Å². The smallest absolute Gasteiger partial charge is 0.278 e. The van der Waals surface area contributed by atoms with Gasteiger partial charge < -0.3 is 5.11 Å². The second kappa shape index (κ2) is 6.45. The van der Waals surface area contributed by atoms with E-state index in [1.54, 1.807) is 13.8 Å². The molecule has 1 atom stereocenters. The number of aliphatic hydroxyl groups excluding tert-OH is 1. The topological polar surface area (TPSA) is 76.3 Å². The highest BCUT2D eigenvalue weighted by Crippen LogP contribution is 2.26. The quantitative estimate of drug-likeness (QED) is 0.676. The van der Waals surface area contributed by atoms with Crippen LogP contribution in [0.2, 0.25) is 0 Å². The highest BCUT2D eigenvalue weighted by atomic mass is 16.6. The van der Waals surface area contributed by atoms with Crippen molar-refractivity contribution in [2.75, 3.05) is 0 Å². The molecule has 1 aromatic carbocycles. The second-order valence-corrected chi connectivity index (χ2v) is 5.08. The third-order valence-electron chi connectivity index (χ3n) is 3.60. The van der Waals surface area contributed by atoms with Gasteiger partial charge >= 0.3 is 0 Å². The number of rotatable bonds is 5. The first kappa shape index (κ1) is 15.1. The van der Waals surface area contributed by atoms with Crippen molar-refractivity contribution in [3.63, 3.8) is 0 Å². The molecular formula is C16H18N2O3. The van der Waals surface area contributed by atoms with Gasteiger partial charge in [0.2, 0.25) is 0 Å². The fraction of sp³-hybridized carbons (Fsp3) is 0.312. The fourth-order valence-corrected chi connectivity index (χ4v) is 2.41. The summed E-state index contributed by atoms with van der Waals surface area (Å²) in [5.74, 6) is 0. The summed E-state index contributed by atoms with van der Waals surface area (Å²) in [5.41, 5.74) is 2.78. The van der Waals surface area contributed by atoms with Crippen LogP contribution in [-0.4, -0.2) is 15.0 Å². The standard InChI is InChI=1S/C16H18N2O3/c1-11-10-17-14(12(2)16(11)18(20)21)8-9-15(19)13-6-4-3-5-7-13/h3-7,10,15,19H,8-9H2,1-2H3. The molecule has 0 radical (unpaired) electrons. The zero-order valence-corrected chi connectivity index (χ0v) is 12.1. The molecule has 0 saturated carbocycles. The Morgan fingerprint density at radius 3 is 2.57 bits per heavy atom. The Hall–Kier alpha value is -2.27. The number of aromatic nitrogens is 1. The first-order chi connectivity index (χ1) is 10.0. The maximum Gasteiger partial charge on any atom is 0.278 e. The number of nitrogens with zero attached hydrogens (tertiary/aromatic N) is 2. The highest BCUT2D eigenvalue weighted by molar-refractivity contribution is 5.47. The van der Waals surface area contributed by atoms with Crippen molar-refractivity contribution >= 4 is 5.69 Å². The fourth-order valence-electron chi connectivity index (χ4n) is 2.41. The van der Waals surface area contributed by atoms with Crippen LogP contribution in [0, 0.1) is 24.0 Å². The zero-order valence-electron chi connectivity index (χ0n) is 12.1. The molecule has 110 valence electrons. The van der Waals surface area contributed by atoms with E-state index in [0.717, 1.165) is 5.56 Å². The molecule has 1 heterocycles. The van der Waals surface area contributed by atoms with Crippen molar-refractivity contribution in [3.8, 4) is 0 Å². The molecule has 5 heteroatoms. The van der Waals surface area contributed by atoms with Gasteiger partial charge in [-0.15, -0.1) is 0 Å². The average molecular weight is 286 g/mol. The lowest BCUT2D eigenvalue weighted by Gasteiger charge is -2.12. The van der Waals surface area contributed by atoms with Crippen LogP contribution in [0.5, 0.6) is 0 Å². The van der Waals surface area contributed by atoms with Gasteiger partial charge in [-0.1, -0.05) is 30.3 Å². The number of pyridine rings is 1. The van der Waals surface area contributed by atoms with Crippen molar-refractivity contribution in [2.24, 2.45) is 0 Å². The van der Waals surface area contributed by atoms with Gasteiger partial charge in [0.1, 0.15) is 0 Å². The lowest BCUT2D eigenvalue weighted by Crippen LogP contribution is -2.05. The lowest BCUT2D eigenvalue weighted by molar-refractivity contribution is -0.386. The molecule has 0 aliphatic rings. The Bertz CT molecular complexity index is 641. The SMILES string of the molecule is Cc1cnc(CCC(O)c2ccccc2)c(C)c1[N+](=O)[O-]. The molecule has 2 rings (SSSR count). The largest absolute Gasteiger partial charge is 0.388 e. The van der Waals surface area contributed by atoms with Crippen LogP contribution < -0.4 is 0 Å². The maximum atomic E-state index is 11.1. The van der Waals surface area contributed by atoms with Crippen molar-refractivity contribution in [1.82, 2.24) is 4.98 Å². The molecule has 1 N–H and O–H groups in total. The molecule has 5 nitrogen and oxygen atoms in total. The van der Waals surface area contributed by atoms with Crippen LogP contribution >= 0.6 is 0 Å². The highest BCUT2D eigenvalue weighted by Gasteiger charge is 2.19. The van der Waals surface area contributed by atoms with E-state index in [1.165, 1.54) is 6.20 Å². The minimum atomic E-state index is -0.590. The average Bonchev–Trinajstić information content (AvgIpc) is 2.46. The summed E-state index contributed by atoms with van der Waals surface area (Å²) < 4.78 is 0. The third-order valence-corrected chi connectivity index (χ3v) is 3.60. The molecule has 0 bridgehead atoms. The van der Waals surface area contributed by atoms with Crippen LogP contribution in [0.1, 0.15) is 34.9 Å². The van der Waals surface area contributed by atoms with E-state index in [1.807, 2.05) is 30.3 Å². The van der Waals surface area contributed by atoms with E-state index in [0.29, 0.717) is 29.7 Å². The lowest BCUT2D eigenvalue weighted by atomic mass is 10.0. The summed E-state index contributed by atoms with van der Waals surface area (Å²) >= 11 is 0. The van der Waals surface area contributed by atoms with Gasteiger partial charge in [0, 0.05) is 17.3 Å². The van der Waals surface area contributed by atoms with Crippen molar-refractivity contribution in [2.45, 2.75) is 32.8 Å². The van der Waals surface area contributed by atoms with Crippen molar-refractivity contribution in [3.05, 3.63) is 69.0 Å². The predicted molar refractivity (Wildman–Crippen MR) is 80.1 cm³/mol. The Balaban J connectivity index is 2.14. The summed E-state index contributed by atoms with van der Waals surface area (Å²) in [7, 11) is 0. The van der Waals surface area contributed by atoms with E-state index in [9.17, 15) is 15.2 Å². The zero-order chi connectivity index (χ0) is 15.4. The molecule has 0 aliphatic heterocycles. The Morgan fingerprint density at radius 1 is 1.29 bits per heavy atom. The van der Waals surface area contributed by atoms with Crippen LogP contribution in [0.15, 0.2) is 36.5 Å². The van der Waals surface area contributed by atoms with E-state index in [2.05, 4.69) is 4.98 Å². The molecule has 1 unspecified atom stereocenters. The Morgan fingerprint density at radius 2 is 1.95 bits per heavy atom. The second-order valence-electron chi connectivity index (χ2n) is 5.08. The van der Waals surface area contributed by atoms with Gasteiger partial charge in [0.05, 0.1) is 16.7 Å². The monoisotopic (exact) mass is 286 g/mol. The molecular weight excluding hydrogens is 268 g/mol. The first-order valence-electron chi connectivity index (χ1n) is 6.83. The molecule has 0 spiro atoms. The number of hydrogen-bond acceptors (Lipinski definition) is 4. The van der Waals surface area contributed by atoms with Crippen LogP contribution in [0.25, 0.3) is 0 Å². The van der Waals surface area contributed by atoms with Crippen molar-refractivity contribution in [1.29, 1.82) is 0 Å². The predicted octanol–water partition coefficient (Wildman–Crippen LogP) is 3.27. The molecule has 0 amide bonds. The van der Waals surface area contributed by atoms with Gasteiger partial charge in [-0.2, -0.15) is 0 Å². The van der Waals surface area contributed by atoms with Gasteiger partial charge in [-0.25, -0.2) is 0 Å². The maximum absolute atomic E-state index is 11.1. The first-order valence-corrected chi connectivity index (χ1v) is 6.83. The molecule has 21 heavy (non-hydrogen) atoms. The van der Waals surface area contributed by atoms with Gasteiger partial charge in [0.15, 0.2) is 0 Å². The van der Waals surface area contributed by atoms with Crippen LogP contribution in [0.4, 0.5) is 5.69 Å². The number of aliphatic hydroxyl groups is 1. The molecule has 0 saturated heterocycles. The van der Waals surface area contributed by atoms with Gasteiger partial charge in [0.25, 0.3) is 5.69 Å². The molecule has 0 aliphatic carbocycles. The normalized spacial score (nSPS) is 12.1. The number of benzene rings is 1. The number of nitro groups is 1. The van der Waals surface area contributed by atoms with E-state index in [4.69, 9.17) is 0 Å². The van der Waals surface area contributed by atoms with E-state index >= 15 is 0 Å². The number of hydrogen-bond donors (Lipinski definition) is 1. The molecule has 2 aromatic rings. The third kappa shape index (κ3) is 3.44. The summed E-state index contributed by atoms with van der Waals surface area (Å²) in [6.07, 6.45) is 1.92. The molecule has 1 aromatic heterocycles. The minimum Gasteiger partial charge on any atom is -0.388 e. The summed E-state index contributed by atoms with van der Waals surface area (Å²) in [4.78, 5) is 15.0. The summed E-state index contributed by atoms with van der Waals surface area (Å²) in [6, 6.07) is 9.37. The van der Waals surface area contributed by atoms with Gasteiger partial charge in [-0.3, -0.25) is 15.1 Å². The van der Waals surface area contributed by atoms with Crippen LogP contribution in [-0.2, 0) is 6.42 Å². The number of aryl methyl sites for hydroxylation is 2. The summed E-state index contributed by atoms with van der Waals surface area (Å²) in [6.45, 7) is 3.39. The minimum absolute atomic E-state index is 0.120. The van der Waals surface area contributed by atoms with Gasteiger partial charge in [-0.05, 0) is 32.3 Å². The van der Waals surface area contributed by atoms with E-state index < -0.39 is 6.10 Å². The Kier molecular flexibility index (Phi) is 4.65. The molecule has 0 fully saturated rings. The summed E-state index contributed by atoms with van der Waals surface area (Å²) in [5, 5.41) is 21.2. The Labute approximate surface area is 123 Å².